The topological polar surface area (TPSA) is 113 Å². The van der Waals surface area contributed by atoms with E-state index >= 15 is 0 Å². The molecule has 0 saturated carbocycles. The predicted octanol–water partition coefficient (Wildman–Crippen LogP) is 0.492. The Hall–Kier alpha value is -2.64. The lowest BCUT2D eigenvalue weighted by atomic mass is 10.1. The van der Waals surface area contributed by atoms with Crippen molar-refractivity contribution >= 4 is 17.8 Å². The van der Waals surface area contributed by atoms with E-state index in [1.165, 1.54) is 7.11 Å². The molecule has 0 bridgehead atoms. The number of ether oxygens (including phenoxy) is 1. The fraction of sp³-hybridized carbons (Fsp3) is 0.250. The Labute approximate surface area is 113 Å². The van der Waals surface area contributed by atoms with Gasteiger partial charge in [-0.05, 0) is 18.2 Å². The average Bonchev–Trinajstić information content (AvgIpc) is 2.37. The average molecular weight is 285 g/mol. The molecule has 1 aromatic rings. The molecule has 0 aliphatic rings. The second-order valence-corrected chi connectivity index (χ2v) is 3.81. The molecule has 0 saturated heterocycles. The van der Waals surface area contributed by atoms with Crippen LogP contribution in [0.25, 0.3) is 0 Å². The first kappa shape index (κ1) is 15.4. The van der Waals surface area contributed by atoms with Crippen LogP contribution in [0.5, 0.6) is 5.75 Å². The lowest BCUT2D eigenvalue weighted by Gasteiger charge is -2.13. The molecule has 3 N–H and O–H groups in total. The van der Waals surface area contributed by atoms with Crippen molar-refractivity contribution in [2.24, 2.45) is 0 Å². The van der Waals surface area contributed by atoms with Gasteiger partial charge < -0.3 is 20.3 Å². The third-order valence-corrected chi connectivity index (χ3v) is 2.40. The third kappa shape index (κ3) is 3.94. The highest BCUT2D eigenvalue weighted by atomic mass is 19.1. The standard InChI is InChI=1S/C12H12FNO6/c1-20-9-4-6(2-3-7(9)13)11(17)14-8(12(18)19)5-10(15)16/h2-4,8H,5H2,1H3,(H,14,17)(H,15,16)(H,18,19)/t8-/m1/s1. The molecule has 7 nitrogen and oxygen atoms in total. The number of halogens is 1. The fourth-order valence-electron chi connectivity index (χ4n) is 1.42. The monoisotopic (exact) mass is 285 g/mol. The molecule has 8 heteroatoms. The van der Waals surface area contributed by atoms with Gasteiger partial charge in [-0.25, -0.2) is 9.18 Å². The summed E-state index contributed by atoms with van der Waals surface area (Å²) in [7, 11) is 1.21. The summed E-state index contributed by atoms with van der Waals surface area (Å²) in [5.41, 5.74) is -0.0418. The van der Waals surface area contributed by atoms with Crippen LogP contribution in [0.3, 0.4) is 0 Å². The number of amides is 1. The molecule has 0 spiro atoms. The minimum absolute atomic E-state index is 0.0418. The highest BCUT2D eigenvalue weighted by molar-refractivity contribution is 5.97. The molecule has 20 heavy (non-hydrogen) atoms. The van der Waals surface area contributed by atoms with Crippen LogP contribution < -0.4 is 10.1 Å². The maximum Gasteiger partial charge on any atom is 0.326 e. The number of aliphatic carboxylic acids is 2. The van der Waals surface area contributed by atoms with Gasteiger partial charge in [-0.1, -0.05) is 0 Å². The van der Waals surface area contributed by atoms with E-state index in [0.717, 1.165) is 18.2 Å². The SMILES string of the molecule is COc1cc(C(=O)N[C@H](CC(=O)O)C(=O)O)ccc1F. The van der Waals surface area contributed by atoms with E-state index in [2.05, 4.69) is 4.74 Å². The number of hydrogen-bond acceptors (Lipinski definition) is 4. The second kappa shape index (κ2) is 6.50. The molecule has 1 amide bonds. The molecule has 0 fully saturated rings. The summed E-state index contributed by atoms with van der Waals surface area (Å²) in [6, 6.07) is 1.63. The van der Waals surface area contributed by atoms with Gasteiger partial charge in [-0.3, -0.25) is 9.59 Å². The van der Waals surface area contributed by atoms with Crippen LogP contribution in [0.15, 0.2) is 18.2 Å². The number of methoxy groups -OCH3 is 1. The molecule has 0 unspecified atom stereocenters. The largest absolute Gasteiger partial charge is 0.494 e. The molecule has 1 aromatic carbocycles. The van der Waals surface area contributed by atoms with Gasteiger partial charge in [-0.15, -0.1) is 0 Å². The van der Waals surface area contributed by atoms with E-state index in [4.69, 9.17) is 10.2 Å². The van der Waals surface area contributed by atoms with Gasteiger partial charge in [0.2, 0.25) is 0 Å². The first-order valence-electron chi connectivity index (χ1n) is 5.44. The highest BCUT2D eigenvalue weighted by Gasteiger charge is 2.24. The normalized spacial score (nSPS) is 11.5. The van der Waals surface area contributed by atoms with Crippen LogP contribution in [0.4, 0.5) is 4.39 Å². The predicted molar refractivity (Wildman–Crippen MR) is 64.1 cm³/mol. The summed E-state index contributed by atoms with van der Waals surface area (Å²) < 4.78 is 17.9. The quantitative estimate of drug-likeness (QED) is 0.701. The second-order valence-electron chi connectivity index (χ2n) is 3.81. The zero-order valence-electron chi connectivity index (χ0n) is 10.4. The van der Waals surface area contributed by atoms with Crippen LogP contribution in [-0.4, -0.2) is 41.2 Å². The van der Waals surface area contributed by atoms with Crippen LogP contribution in [0.2, 0.25) is 0 Å². The number of carboxylic acids is 2. The molecule has 1 atom stereocenters. The van der Waals surface area contributed by atoms with Crippen molar-refractivity contribution in [3.63, 3.8) is 0 Å². The Balaban J connectivity index is 2.88. The molecule has 0 heterocycles. The number of carbonyl (C=O) groups excluding carboxylic acids is 1. The van der Waals surface area contributed by atoms with Crippen LogP contribution in [0, 0.1) is 5.82 Å². The summed E-state index contributed by atoms with van der Waals surface area (Å²) in [5, 5.41) is 19.4. The molecular weight excluding hydrogens is 273 g/mol. The Kier molecular flexibility index (Phi) is 5.01. The minimum atomic E-state index is -1.57. The van der Waals surface area contributed by atoms with E-state index in [9.17, 15) is 18.8 Å². The Morgan fingerprint density at radius 1 is 1.35 bits per heavy atom. The summed E-state index contributed by atoms with van der Waals surface area (Å²) in [6.45, 7) is 0. The van der Waals surface area contributed by atoms with Gasteiger partial charge in [0.05, 0.1) is 13.5 Å². The molecular formula is C12H12FNO6. The van der Waals surface area contributed by atoms with E-state index < -0.39 is 36.1 Å². The van der Waals surface area contributed by atoms with Crippen molar-refractivity contribution in [1.82, 2.24) is 5.32 Å². The number of carbonyl (C=O) groups is 3. The fourth-order valence-corrected chi connectivity index (χ4v) is 1.42. The summed E-state index contributed by atoms with van der Waals surface area (Å²) >= 11 is 0. The lowest BCUT2D eigenvalue weighted by molar-refractivity contribution is -0.145. The van der Waals surface area contributed by atoms with Crippen molar-refractivity contribution in [3.8, 4) is 5.75 Å². The highest BCUT2D eigenvalue weighted by Crippen LogP contribution is 2.18. The van der Waals surface area contributed by atoms with Gasteiger partial charge in [0.1, 0.15) is 6.04 Å². The first-order valence-corrected chi connectivity index (χ1v) is 5.44. The third-order valence-electron chi connectivity index (χ3n) is 2.40. The zero-order chi connectivity index (χ0) is 15.3. The van der Waals surface area contributed by atoms with Crippen molar-refractivity contribution in [2.75, 3.05) is 7.11 Å². The van der Waals surface area contributed by atoms with Gasteiger partial charge in [-0.2, -0.15) is 0 Å². The van der Waals surface area contributed by atoms with E-state index in [-0.39, 0.29) is 11.3 Å². The molecule has 1 rings (SSSR count). The maximum absolute atomic E-state index is 13.2. The van der Waals surface area contributed by atoms with Crippen molar-refractivity contribution in [2.45, 2.75) is 12.5 Å². The van der Waals surface area contributed by atoms with Gasteiger partial charge in [0.25, 0.3) is 5.91 Å². The smallest absolute Gasteiger partial charge is 0.326 e. The maximum atomic E-state index is 13.2. The van der Waals surface area contributed by atoms with Crippen molar-refractivity contribution < 1.29 is 33.7 Å². The number of hydrogen-bond donors (Lipinski definition) is 3. The number of benzene rings is 1. The molecule has 108 valence electrons. The Morgan fingerprint density at radius 2 is 2.00 bits per heavy atom. The summed E-state index contributed by atoms with van der Waals surface area (Å²) in [5.74, 6) is -4.53. The Bertz CT molecular complexity index is 545. The van der Waals surface area contributed by atoms with Gasteiger partial charge in [0, 0.05) is 5.56 Å². The number of nitrogens with one attached hydrogen (secondary N) is 1. The van der Waals surface area contributed by atoms with Crippen LogP contribution in [-0.2, 0) is 9.59 Å². The van der Waals surface area contributed by atoms with Crippen molar-refractivity contribution in [1.29, 1.82) is 0 Å². The van der Waals surface area contributed by atoms with Gasteiger partial charge >= 0.3 is 11.9 Å². The van der Waals surface area contributed by atoms with Crippen LogP contribution in [0.1, 0.15) is 16.8 Å². The molecule has 0 radical (unpaired) electrons. The van der Waals surface area contributed by atoms with E-state index in [1.54, 1.807) is 0 Å². The molecule has 0 aliphatic carbocycles. The lowest BCUT2D eigenvalue weighted by Crippen LogP contribution is -2.42. The zero-order valence-corrected chi connectivity index (χ0v) is 10.4. The number of carboxylic acid groups (broad SMARTS) is 2. The number of rotatable bonds is 6. The first-order chi connectivity index (χ1) is 9.35. The Morgan fingerprint density at radius 3 is 2.50 bits per heavy atom. The minimum Gasteiger partial charge on any atom is -0.494 e. The van der Waals surface area contributed by atoms with Crippen LogP contribution >= 0.6 is 0 Å². The van der Waals surface area contributed by atoms with E-state index in [0.29, 0.717) is 0 Å². The van der Waals surface area contributed by atoms with Gasteiger partial charge in [0.15, 0.2) is 11.6 Å². The van der Waals surface area contributed by atoms with E-state index in [1.807, 2.05) is 5.32 Å². The molecule has 0 aromatic heterocycles. The summed E-state index contributed by atoms with van der Waals surface area (Å²) in [4.78, 5) is 33.1. The van der Waals surface area contributed by atoms with Crippen molar-refractivity contribution in [3.05, 3.63) is 29.6 Å². The summed E-state index contributed by atoms with van der Waals surface area (Å²) in [6.07, 6.45) is -0.764. The molecule has 0 aliphatic heterocycles.